The Labute approximate surface area is 167 Å². The van der Waals surface area contributed by atoms with Crippen LogP contribution in [0.5, 0.6) is 0 Å². The lowest BCUT2D eigenvalue weighted by Crippen LogP contribution is -2.77. The lowest BCUT2D eigenvalue weighted by Gasteiger charge is -2.68. The second kappa shape index (κ2) is 5.51. The Morgan fingerprint density at radius 2 is 1.89 bits per heavy atom. The van der Waals surface area contributed by atoms with E-state index in [2.05, 4.69) is 11.8 Å². The molecule has 5 saturated carbocycles. The molecular formula is C22H35NO5. The molecule has 158 valence electrons. The Bertz CT molecular complexity index is 690. The normalized spacial score (nSPS) is 64.3. The summed E-state index contributed by atoms with van der Waals surface area (Å²) in [5.41, 5.74) is -1.90. The Hall–Kier alpha value is -0.240. The summed E-state index contributed by atoms with van der Waals surface area (Å²) in [6.45, 7) is 3.69. The fourth-order valence-electron chi connectivity index (χ4n) is 9.96. The molecule has 5 aliphatic carbocycles. The Morgan fingerprint density at radius 1 is 1.11 bits per heavy atom. The van der Waals surface area contributed by atoms with Crippen LogP contribution in [0.4, 0.5) is 0 Å². The van der Waals surface area contributed by atoms with Crippen LogP contribution in [0.1, 0.15) is 39.0 Å². The zero-order valence-corrected chi connectivity index (χ0v) is 17.3. The van der Waals surface area contributed by atoms with E-state index < -0.39 is 17.3 Å². The third-order valence-electron chi connectivity index (χ3n) is 10.5. The maximum atomic E-state index is 12.3. The molecule has 1 unspecified atom stereocenters. The smallest absolute Gasteiger partial charge is 0.0810 e. The lowest BCUT2D eigenvalue weighted by molar-refractivity contribution is -0.281. The molecule has 28 heavy (non-hydrogen) atoms. The molecule has 6 rings (SSSR count). The van der Waals surface area contributed by atoms with Crippen LogP contribution in [0.2, 0.25) is 0 Å². The van der Waals surface area contributed by atoms with Crippen molar-refractivity contribution in [1.82, 2.24) is 4.90 Å². The lowest BCUT2D eigenvalue weighted by atomic mass is 9.45. The van der Waals surface area contributed by atoms with Crippen molar-refractivity contribution in [3.8, 4) is 0 Å². The maximum Gasteiger partial charge on any atom is 0.0810 e. The number of piperidine rings is 1. The second-order valence-corrected chi connectivity index (χ2v) is 10.8. The molecule has 3 N–H and O–H groups in total. The van der Waals surface area contributed by atoms with Crippen molar-refractivity contribution in [2.45, 2.75) is 74.6 Å². The number of aliphatic hydroxyl groups excluding tert-OH is 1. The molecule has 1 heterocycles. The number of methoxy groups -OCH3 is 2. The minimum Gasteiger partial charge on any atom is -0.392 e. The van der Waals surface area contributed by atoms with E-state index in [0.717, 1.165) is 19.4 Å². The van der Waals surface area contributed by atoms with Gasteiger partial charge in [-0.3, -0.25) is 4.90 Å². The van der Waals surface area contributed by atoms with E-state index in [0.29, 0.717) is 25.8 Å². The van der Waals surface area contributed by atoms with E-state index in [4.69, 9.17) is 9.47 Å². The van der Waals surface area contributed by atoms with Crippen molar-refractivity contribution in [2.75, 3.05) is 27.3 Å². The molecule has 6 heteroatoms. The summed E-state index contributed by atoms with van der Waals surface area (Å²) >= 11 is 0. The Morgan fingerprint density at radius 3 is 2.57 bits per heavy atom. The number of hydrogen-bond acceptors (Lipinski definition) is 6. The first-order chi connectivity index (χ1) is 13.4. The van der Waals surface area contributed by atoms with Gasteiger partial charge in [0.25, 0.3) is 0 Å². The number of likely N-dealkylation sites (N-methyl/N-ethyl adjacent to an activating group) is 1. The topological polar surface area (TPSA) is 82.4 Å². The molecule has 7 bridgehead atoms. The highest BCUT2D eigenvalue weighted by Crippen LogP contribution is 2.77. The van der Waals surface area contributed by atoms with Crippen LogP contribution in [0.3, 0.4) is 0 Å². The third kappa shape index (κ3) is 1.72. The Kier molecular flexibility index (Phi) is 3.65. The number of aliphatic hydroxyl groups is 3. The quantitative estimate of drug-likeness (QED) is 0.653. The van der Waals surface area contributed by atoms with E-state index in [1.807, 2.05) is 0 Å². The molecule has 12 atom stereocenters. The molecule has 0 aromatic carbocycles. The predicted octanol–water partition coefficient (Wildman–Crippen LogP) is 0.630. The monoisotopic (exact) mass is 393 g/mol. The standard InChI is InChI=1S/C22H35NO5/c1-4-23-10-20(25)6-5-16(24)22-12-7-11-14(27-2)9-21(26,17(12)18(11)28-3)13(19(22)23)8-15(20)22/h11-19,24-26H,4-10H2,1-3H3/t11-,12-,13+,14+,15-,16+,17-,18+,19?,20-,21+,22-/m1/s1. The molecule has 1 aliphatic heterocycles. The summed E-state index contributed by atoms with van der Waals surface area (Å²) in [4.78, 5) is 2.40. The first kappa shape index (κ1) is 18.5. The molecule has 0 amide bonds. The molecule has 0 aromatic heterocycles. The summed E-state index contributed by atoms with van der Waals surface area (Å²) in [5, 5.41) is 35.6. The number of hydrogen-bond donors (Lipinski definition) is 3. The molecule has 6 fully saturated rings. The first-order valence-corrected chi connectivity index (χ1v) is 11.3. The largest absolute Gasteiger partial charge is 0.392 e. The van der Waals surface area contributed by atoms with Gasteiger partial charge in [-0.2, -0.15) is 0 Å². The average molecular weight is 394 g/mol. The van der Waals surface area contributed by atoms with Crippen LogP contribution in [-0.2, 0) is 9.47 Å². The maximum absolute atomic E-state index is 12.3. The number of nitrogens with zero attached hydrogens (tertiary/aromatic N) is 1. The van der Waals surface area contributed by atoms with Gasteiger partial charge in [-0.1, -0.05) is 6.92 Å². The van der Waals surface area contributed by atoms with Crippen molar-refractivity contribution >= 4 is 0 Å². The number of likely N-dealkylation sites (tertiary alicyclic amines) is 1. The highest BCUT2D eigenvalue weighted by atomic mass is 16.5. The van der Waals surface area contributed by atoms with Gasteiger partial charge in [-0.05, 0) is 44.1 Å². The summed E-state index contributed by atoms with van der Waals surface area (Å²) in [7, 11) is 3.52. The molecule has 1 saturated heterocycles. The molecule has 1 spiro atoms. The van der Waals surface area contributed by atoms with Gasteiger partial charge in [0.15, 0.2) is 0 Å². The summed E-state index contributed by atoms with van der Waals surface area (Å²) in [6, 6.07) is 0.149. The van der Waals surface area contributed by atoms with E-state index in [1.165, 1.54) is 0 Å². The predicted molar refractivity (Wildman–Crippen MR) is 102 cm³/mol. The van der Waals surface area contributed by atoms with Gasteiger partial charge >= 0.3 is 0 Å². The van der Waals surface area contributed by atoms with E-state index in [1.54, 1.807) is 14.2 Å². The van der Waals surface area contributed by atoms with Gasteiger partial charge in [0.05, 0.1) is 29.5 Å². The van der Waals surface area contributed by atoms with E-state index >= 15 is 0 Å². The zero-order chi connectivity index (χ0) is 19.6. The molecular weight excluding hydrogens is 358 g/mol. The van der Waals surface area contributed by atoms with Gasteiger partial charge in [-0.15, -0.1) is 0 Å². The minimum atomic E-state index is -0.843. The van der Waals surface area contributed by atoms with Gasteiger partial charge in [0, 0.05) is 56.4 Å². The number of ether oxygens (including phenoxy) is 2. The summed E-state index contributed by atoms with van der Waals surface area (Å²) in [6.07, 6.45) is 3.31. The van der Waals surface area contributed by atoms with Crippen LogP contribution in [0, 0.1) is 35.0 Å². The van der Waals surface area contributed by atoms with Crippen LogP contribution in [0.15, 0.2) is 0 Å². The zero-order valence-electron chi connectivity index (χ0n) is 17.3. The van der Waals surface area contributed by atoms with Crippen LogP contribution < -0.4 is 0 Å². The van der Waals surface area contributed by atoms with Crippen LogP contribution in [0.25, 0.3) is 0 Å². The van der Waals surface area contributed by atoms with E-state index in [9.17, 15) is 15.3 Å². The van der Waals surface area contributed by atoms with Crippen molar-refractivity contribution in [1.29, 1.82) is 0 Å². The fourth-order valence-corrected chi connectivity index (χ4v) is 9.96. The van der Waals surface area contributed by atoms with Crippen molar-refractivity contribution in [3.05, 3.63) is 0 Å². The SMILES string of the molecule is CCN1C[C@]2(O)CC[C@H](O)[C@]34C1[C@H](C[C@H]23)[C@@]1(O)C[C@H](OC)[C@H]2C[C@@H]4[C@@H]1[C@H]2OC. The first-order valence-electron chi connectivity index (χ1n) is 11.3. The third-order valence-corrected chi connectivity index (χ3v) is 10.5. The molecule has 6 nitrogen and oxygen atoms in total. The highest BCUT2D eigenvalue weighted by molar-refractivity contribution is 5.33. The van der Waals surface area contributed by atoms with Crippen molar-refractivity contribution in [2.24, 2.45) is 35.0 Å². The second-order valence-electron chi connectivity index (χ2n) is 10.8. The number of rotatable bonds is 3. The van der Waals surface area contributed by atoms with Gasteiger partial charge in [0.1, 0.15) is 0 Å². The minimum absolute atomic E-state index is 0.00139. The van der Waals surface area contributed by atoms with Crippen LogP contribution in [-0.4, -0.2) is 83.1 Å². The highest BCUT2D eigenvalue weighted by Gasteiger charge is 2.83. The molecule has 0 aromatic rings. The van der Waals surface area contributed by atoms with Gasteiger partial charge in [0.2, 0.25) is 0 Å². The van der Waals surface area contributed by atoms with Crippen molar-refractivity contribution < 1.29 is 24.8 Å². The summed E-state index contributed by atoms with van der Waals surface area (Å²) < 4.78 is 11.9. The van der Waals surface area contributed by atoms with E-state index in [-0.39, 0.29) is 53.3 Å². The van der Waals surface area contributed by atoms with Gasteiger partial charge < -0.3 is 24.8 Å². The molecule has 6 aliphatic rings. The Balaban J connectivity index is 1.59. The van der Waals surface area contributed by atoms with Crippen molar-refractivity contribution in [3.63, 3.8) is 0 Å². The fraction of sp³-hybridized carbons (Fsp3) is 1.00. The molecule has 0 radical (unpaired) electrons. The average Bonchev–Trinajstić information content (AvgIpc) is 3.16. The summed E-state index contributed by atoms with van der Waals surface area (Å²) in [5.74, 6) is 0.622. The van der Waals surface area contributed by atoms with Crippen LogP contribution >= 0.6 is 0 Å². The number of fused-ring (bicyclic) bond motifs is 2. The number of β-amino-alcohol motifs (C(OH)–C–C–N with tert-alkyl or cyclic N) is 1. The van der Waals surface area contributed by atoms with Gasteiger partial charge in [-0.25, -0.2) is 0 Å².